The van der Waals surface area contributed by atoms with Gasteiger partial charge in [0.05, 0.1) is 24.6 Å². The molecule has 5 nitrogen and oxygen atoms in total. The van der Waals surface area contributed by atoms with E-state index in [9.17, 15) is 4.79 Å². The fourth-order valence-corrected chi connectivity index (χ4v) is 5.00. The quantitative estimate of drug-likeness (QED) is 0.624. The highest BCUT2D eigenvalue weighted by Crippen LogP contribution is 2.47. The van der Waals surface area contributed by atoms with Gasteiger partial charge in [-0.3, -0.25) is 4.79 Å². The molecular weight excluding hydrogens is 408 g/mol. The van der Waals surface area contributed by atoms with E-state index in [-0.39, 0.29) is 17.3 Å². The Hall–Kier alpha value is -1.89. The van der Waals surface area contributed by atoms with Crippen molar-refractivity contribution in [3.8, 4) is 5.75 Å². The molecule has 156 valence electrons. The number of esters is 1. The molecule has 0 spiro atoms. The van der Waals surface area contributed by atoms with Gasteiger partial charge in [0.15, 0.2) is 0 Å². The summed E-state index contributed by atoms with van der Waals surface area (Å²) in [5, 5.41) is 0.648. The predicted molar refractivity (Wildman–Crippen MR) is 119 cm³/mol. The first-order valence-corrected chi connectivity index (χ1v) is 10.8. The maximum Gasteiger partial charge on any atom is 0.303 e. The number of hydrogen-bond donors (Lipinski definition) is 0. The van der Waals surface area contributed by atoms with Crippen LogP contribution in [-0.2, 0) is 9.53 Å². The molecule has 0 aliphatic carbocycles. The Labute approximate surface area is 181 Å². The van der Waals surface area contributed by atoms with E-state index < -0.39 is 0 Å². The van der Waals surface area contributed by atoms with Crippen LogP contribution in [0.25, 0.3) is 0 Å². The van der Waals surface area contributed by atoms with Crippen LogP contribution in [-0.4, -0.2) is 57.8 Å². The molecule has 0 unspecified atom stereocenters. The third-order valence-electron chi connectivity index (χ3n) is 4.83. The SMILES string of the molecule is COc1ccc([C@@H]2Sc3cc(Cl)ccc3N(CCN(C)C)C[C@@H]2OC(C)=O)cc1. The summed E-state index contributed by atoms with van der Waals surface area (Å²) in [6, 6.07) is 13.9. The van der Waals surface area contributed by atoms with Crippen molar-refractivity contribution in [1.82, 2.24) is 4.90 Å². The molecule has 0 radical (unpaired) electrons. The molecule has 0 bridgehead atoms. The average Bonchev–Trinajstić information content (AvgIpc) is 2.82. The van der Waals surface area contributed by atoms with E-state index in [0.29, 0.717) is 11.6 Å². The Morgan fingerprint density at radius 3 is 2.59 bits per heavy atom. The summed E-state index contributed by atoms with van der Waals surface area (Å²) in [6.07, 6.45) is -0.292. The van der Waals surface area contributed by atoms with Crippen LogP contribution in [0.5, 0.6) is 5.75 Å². The number of ether oxygens (including phenoxy) is 2. The highest BCUT2D eigenvalue weighted by Gasteiger charge is 2.34. The summed E-state index contributed by atoms with van der Waals surface area (Å²) in [4.78, 5) is 17.4. The first-order chi connectivity index (χ1) is 13.9. The van der Waals surface area contributed by atoms with E-state index in [1.165, 1.54) is 6.92 Å². The summed E-state index contributed by atoms with van der Waals surface area (Å²) in [6.45, 7) is 3.81. The molecule has 2 atom stereocenters. The number of carbonyl (C=O) groups excluding carboxylic acids is 1. The number of halogens is 1. The molecule has 0 N–H and O–H groups in total. The maximum absolute atomic E-state index is 11.9. The lowest BCUT2D eigenvalue weighted by Gasteiger charge is -2.30. The summed E-state index contributed by atoms with van der Waals surface area (Å²) in [7, 11) is 5.76. The van der Waals surface area contributed by atoms with Crippen molar-refractivity contribution in [3.63, 3.8) is 0 Å². The smallest absolute Gasteiger partial charge is 0.303 e. The molecular formula is C22H27ClN2O3S. The minimum Gasteiger partial charge on any atom is -0.497 e. The van der Waals surface area contributed by atoms with Gasteiger partial charge in [0, 0.05) is 29.9 Å². The minimum atomic E-state index is -0.292. The largest absolute Gasteiger partial charge is 0.497 e. The molecule has 1 aliphatic heterocycles. The van der Waals surface area contributed by atoms with Crippen LogP contribution in [0.15, 0.2) is 47.4 Å². The number of likely N-dealkylation sites (N-methyl/N-ethyl adjacent to an activating group) is 1. The Morgan fingerprint density at radius 1 is 1.24 bits per heavy atom. The van der Waals surface area contributed by atoms with E-state index in [4.69, 9.17) is 21.1 Å². The second-order valence-electron chi connectivity index (χ2n) is 7.32. The number of rotatable bonds is 6. The number of fused-ring (bicyclic) bond motifs is 1. The molecule has 7 heteroatoms. The molecule has 0 fully saturated rings. The fraction of sp³-hybridized carbons (Fsp3) is 0.409. The van der Waals surface area contributed by atoms with Crippen LogP contribution >= 0.6 is 23.4 Å². The lowest BCUT2D eigenvalue weighted by atomic mass is 10.1. The zero-order valence-electron chi connectivity index (χ0n) is 17.2. The number of nitrogens with zero attached hydrogens (tertiary/aromatic N) is 2. The van der Waals surface area contributed by atoms with Crippen molar-refractivity contribution in [1.29, 1.82) is 0 Å². The number of hydrogen-bond acceptors (Lipinski definition) is 6. The zero-order valence-corrected chi connectivity index (χ0v) is 18.8. The molecule has 29 heavy (non-hydrogen) atoms. The third kappa shape index (κ3) is 5.59. The van der Waals surface area contributed by atoms with Gasteiger partial charge in [-0.05, 0) is 50.0 Å². The van der Waals surface area contributed by atoms with Crippen molar-refractivity contribution < 1.29 is 14.3 Å². The molecule has 0 amide bonds. The van der Waals surface area contributed by atoms with Gasteiger partial charge in [0.25, 0.3) is 0 Å². The van der Waals surface area contributed by atoms with Gasteiger partial charge in [-0.2, -0.15) is 0 Å². The summed E-state index contributed by atoms with van der Waals surface area (Å²) in [5.41, 5.74) is 2.21. The standard InChI is InChI=1S/C22H27ClN2O3S/c1-15(26)28-20-14-25(12-11-24(2)3)19-10-7-17(23)13-21(19)29-22(20)16-5-8-18(27-4)9-6-16/h5-10,13,20,22H,11-12,14H2,1-4H3/t20-,22-/m0/s1. The second-order valence-corrected chi connectivity index (χ2v) is 8.94. The van der Waals surface area contributed by atoms with Gasteiger partial charge in [-0.15, -0.1) is 11.8 Å². The molecule has 2 aromatic carbocycles. The second kappa shape index (κ2) is 9.74. The highest BCUT2D eigenvalue weighted by atomic mass is 35.5. The van der Waals surface area contributed by atoms with Crippen molar-refractivity contribution in [2.24, 2.45) is 0 Å². The molecule has 1 aliphatic rings. The van der Waals surface area contributed by atoms with Crippen LogP contribution < -0.4 is 9.64 Å². The Kier molecular flexibility index (Phi) is 7.33. The lowest BCUT2D eigenvalue weighted by Crippen LogP contribution is -2.39. The summed E-state index contributed by atoms with van der Waals surface area (Å²) >= 11 is 8.01. The van der Waals surface area contributed by atoms with Gasteiger partial charge in [-0.1, -0.05) is 23.7 Å². The summed E-state index contributed by atoms with van der Waals surface area (Å²) < 4.78 is 11.1. The average molecular weight is 435 g/mol. The monoisotopic (exact) mass is 434 g/mol. The van der Waals surface area contributed by atoms with Crippen molar-refractivity contribution in [2.75, 3.05) is 45.7 Å². The first kappa shape index (κ1) is 21.8. The predicted octanol–water partition coefficient (Wildman–Crippen LogP) is 4.50. The molecule has 0 saturated heterocycles. The van der Waals surface area contributed by atoms with Crippen LogP contribution in [0.4, 0.5) is 5.69 Å². The molecule has 1 heterocycles. The maximum atomic E-state index is 11.9. The van der Waals surface area contributed by atoms with Crippen molar-refractivity contribution in [2.45, 2.75) is 23.2 Å². The third-order valence-corrected chi connectivity index (χ3v) is 6.48. The van der Waals surface area contributed by atoms with Crippen LogP contribution in [0, 0.1) is 0 Å². The molecule has 0 saturated carbocycles. The summed E-state index contributed by atoms with van der Waals surface area (Å²) in [5.74, 6) is 0.526. The Balaban J connectivity index is 2.01. The number of thioether (sulfide) groups is 1. The van der Waals surface area contributed by atoms with Crippen LogP contribution in [0.2, 0.25) is 5.02 Å². The zero-order chi connectivity index (χ0) is 21.0. The van der Waals surface area contributed by atoms with Gasteiger partial charge < -0.3 is 19.3 Å². The van der Waals surface area contributed by atoms with E-state index >= 15 is 0 Å². The molecule has 2 aromatic rings. The molecule has 0 aromatic heterocycles. The van der Waals surface area contributed by atoms with Crippen LogP contribution in [0.3, 0.4) is 0 Å². The highest BCUT2D eigenvalue weighted by molar-refractivity contribution is 7.99. The van der Waals surface area contributed by atoms with Gasteiger partial charge in [0.1, 0.15) is 11.9 Å². The first-order valence-electron chi connectivity index (χ1n) is 9.54. The Morgan fingerprint density at radius 2 is 1.97 bits per heavy atom. The number of carbonyl (C=O) groups is 1. The lowest BCUT2D eigenvalue weighted by molar-refractivity contribution is -0.145. The fourth-order valence-electron chi connectivity index (χ4n) is 3.39. The minimum absolute atomic E-state index is 0.0496. The van der Waals surface area contributed by atoms with Gasteiger partial charge in [-0.25, -0.2) is 0 Å². The van der Waals surface area contributed by atoms with Gasteiger partial charge >= 0.3 is 5.97 Å². The topological polar surface area (TPSA) is 42.0 Å². The number of methoxy groups -OCH3 is 1. The van der Waals surface area contributed by atoms with Gasteiger partial charge in [0.2, 0.25) is 0 Å². The number of benzene rings is 2. The normalized spacial score (nSPS) is 18.9. The number of anilines is 1. The Bertz CT molecular complexity index is 844. The van der Waals surface area contributed by atoms with E-state index in [0.717, 1.165) is 35.0 Å². The van der Waals surface area contributed by atoms with Crippen molar-refractivity contribution >= 4 is 35.0 Å². The van der Waals surface area contributed by atoms with E-state index in [1.807, 2.05) is 36.4 Å². The van der Waals surface area contributed by atoms with E-state index in [1.54, 1.807) is 18.9 Å². The van der Waals surface area contributed by atoms with E-state index in [2.05, 4.69) is 30.0 Å². The van der Waals surface area contributed by atoms with Crippen molar-refractivity contribution in [3.05, 3.63) is 53.1 Å². The van der Waals surface area contributed by atoms with Crippen LogP contribution in [0.1, 0.15) is 17.7 Å². The molecule has 3 rings (SSSR count).